The third kappa shape index (κ3) is 3.22. The summed E-state index contributed by atoms with van der Waals surface area (Å²) in [5.41, 5.74) is 1.21. The van der Waals surface area contributed by atoms with Gasteiger partial charge in [-0.15, -0.1) is 11.3 Å². The predicted molar refractivity (Wildman–Crippen MR) is 67.6 cm³/mol. The Hall–Kier alpha value is -1.06. The van der Waals surface area contributed by atoms with E-state index in [4.69, 9.17) is 4.42 Å². The molecule has 0 aliphatic carbocycles. The average Bonchev–Trinajstić information content (AvgIpc) is 2.97. The first-order chi connectivity index (χ1) is 7.88. The lowest BCUT2D eigenvalue weighted by Gasteiger charge is -2.15. The van der Waals surface area contributed by atoms with Crippen molar-refractivity contribution in [1.82, 2.24) is 5.32 Å². The van der Waals surface area contributed by atoms with Gasteiger partial charge in [-0.3, -0.25) is 0 Å². The second-order valence-corrected chi connectivity index (χ2v) is 4.93. The average molecular weight is 235 g/mol. The van der Waals surface area contributed by atoms with Crippen molar-refractivity contribution in [2.45, 2.75) is 32.4 Å². The molecular formula is C13H17NOS. The first-order valence-corrected chi connectivity index (χ1v) is 6.53. The number of furan rings is 1. The minimum absolute atomic E-state index is 0.550. The van der Waals surface area contributed by atoms with Crippen LogP contribution in [0.25, 0.3) is 0 Å². The molecule has 1 atom stereocenters. The van der Waals surface area contributed by atoms with Gasteiger partial charge in [0.1, 0.15) is 0 Å². The molecule has 0 radical (unpaired) electrons. The van der Waals surface area contributed by atoms with Crippen LogP contribution in [0.4, 0.5) is 0 Å². The van der Waals surface area contributed by atoms with Crippen molar-refractivity contribution in [3.8, 4) is 0 Å². The summed E-state index contributed by atoms with van der Waals surface area (Å²) in [5.74, 6) is 0. The Bertz CT molecular complexity index is 380. The Morgan fingerprint density at radius 2 is 2.38 bits per heavy atom. The summed E-state index contributed by atoms with van der Waals surface area (Å²) in [5, 5.41) is 5.69. The molecule has 16 heavy (non-hydrogen) atoms. The van der Waals surface area contributed by atoms with Crippen LogP contribution >= 0.6 is 11.3 Å². The quantitative estimate of drug-likeness (QED) is 0.829. The summed E-state index contributed by atoms with van der Waals surface area (Å²) >= 11 is 1.83. The maximum atomic E-state index is 5.05. The minimum atomic E-state index is 0.550. The van der Waals surface area contributed by atoms with Gasteiger partial charge in [0.15, 0.2) is 0 Å². The van der Waals surface area contributed by atoms with Crippen LogP contribution in [0.2, 0.25) is 0 Å². The second kappa shape index (κ2) is 5.87. The summed E-state index contributed by atoms with van der Waals surface area (Å²) in [6, 6.07) is 6.87. The van der Waals surface area contributed by atoms with E-state index in [9.17, 15) is 0 Å². The topological polar surface area (TPSA) is 25.2 Å². The highest BCUT2D eigenvalue weighted by molar-refractivity contribution is 7.09. The molecule has 2 aromatic heterocycles. The summed E-state index contributed by atoms with van der Waals surface area (Å²) in [6.07, 6.45) is 5.78. The Morgan fingerprint density at radius 1 is 1.44 bits per heavy atom. The summed E-state index contributed by atoms with van der Waals surface area (Å²) in [6.45, 7) is 3.11. The highest BCUT2D eigenvalue weighted by Crippen LogP contribution is 2.13. The van der Waals surface area contributed by atoms with Crippen molar-refractivity contribution in [3.63, 3.8) is 0 Å². The van der Waals surface area contributed by atoms with E-state index < -0.39 is 0 Å². The van der Waals surface area contributed by atoms with Gasteiger partial charge in [0.25, 0.3) is 0 Å². The van der Waals surface area contributed by atoms with Crippen LogP contribution in [0.5, 0.6) is 0 Å². The molecule has 0 spiro atoms. The lowest BCUT2D eigenvalue weighted by molar-refractivity contribution is 0.492. The van der Waals surface area contributed by atoms with Crippen molar-refractivity contribution in [3.05, 3.63) is 46.5 Å². The van der Waals surface area contributed by atoms with E-state index in [1.54, 1.807) is 12.5 Å². The molecule has 86 valence electrons. The number of thiophene rings is 1. The molecule has 0 aliphatic heterocycles. The fourth-order valence-electron chi connectivity index (χ4n) is 1.69. The maximum Gasteiger partial charge on any atom is 0.0947 e. The fraction of sp³-hybridized carbons (Fsp3) is 0.385. The first kappa shape index (κ1) is 11.4. The van der Waals surface area contributed by atoms with Crippen LogP contribution in [0.1, 0.15) is 23.8 Å². The Kier molecular flexibility index (Phi) is 4.19. The molecule has 2 nitrogen and oxygen atoms in total. The summed E-state index contributed by atoms with van der Waals surface area (Å²) in [4.78, 5) is 1.45. The molecule has 0 aliphatic rings. The van der Waals surface area contributed by atoms with Gasteiger partial charge in [-0.25, -0.2) is 0 Å². The lowest BCUT2D eigenvalue weighted by Crippen LogP contribution is -2.29. The predicted octanol–water partition coefficient (Wildman–Crippen LogP) is 3.45. The number of hydrogen-bond acceptors (Lipinski definition) is 3. The highest BCUT2D eigenvalue weighted by Gasteiger charge is 2.07. The largest absolute Gasteiger partial charge is 0.472 e. The zero-order valence-corrected chi connectivity index (χ0v) is 10.3. The molecule has 0 saturated carbocycles. The van der Waals surface area contributed by atoms with Crippen molar-refractivity contribution < 1.29 is 4.42 Å². The third-order valence-electron chi connectivity index (χ3n) is 2.70. The van der Waals surface area contributed by atoms with Gasteiger partial charge in [-0.1, -0.05) is 13.0 Å². The van der Waals surface area contributed by atoms with Gasteiger partial charge in [0.05, 0.1) is 12.5 Å². The SMILES string of the molecule is CCC(Cc1cccs1)NCc1ccoc1. The molecule has 0 aromatic carbocycles. The van der Waals surface area contributed by atoms with E-state index in [1.165, 1.54) is 10.4 Å². The highest BCUT2D eigenvalue weighted by atomic mass is 32.1. The van der Waals surface area contributed by atoms with Crippen LogP contribution in [-0.4, -0.2) is 6.04 Å². The molecule has 0 fully saturated rings. The van der Waals surface area contributed by atoms with Gasteiger partial charge in [0, 0.05) is 23.0 Å². The van der Waals surface area contributed by atoms with Crippen molar-refractivity contribution in [2.75, 3.05) is 0 Å². The van der Waals surface area contributed by atoms with Crippen LogP contribution in [-0.2, 0) is 13.0 Å². The standard InChI is InChI=1S/C13H17NOS/c1-2-12(8-13-4-3-7-16-13)14-9-11-5-6-15-10-11/h3-7,10,12,14H,2,8-9H2,1H3. The molecule has 3 heteroatoms. The Balaban J connectivity index is 1.81. The normalized spacial score (nSPS) is 12.8. The van der Waals surface area contributed by atoms with E-state index in [-0.39, 0.29) is 0 Å². The molecule has 0 amide bonds. The van der Waals surface area contributed by atoms with Crippen LogP contribution < -0.4 is 5.32 Å². The fourth-order valence-corrected chi connectivity index (χ4v) is 2.47. The first-order valence-electron chi connectivity index (χ1n) is 5.65. The van der Waals surface area contributed by atoms with Crippen molar-refractivity contribution >= 4 is 11.3 Å². The molecule has 2 aromatic rings. The van der Waals surface area contributed by atoms with E-state index in [1.807, 2.05) is 17.4 Å². The lowest BCUT2D eigenvalue weighted by atomic mass is 10.1. The smallest absolute Gasteiger partial charge is 0.0947 e. The minimum Gasteiger partial charge on any atom is -0.472 e. The maximum absolute atomic E-state index is 5.05. The summed E-state index contributed by atoms with van der Waals surface area (Å²) in [7, 11) is 0. The number of rotatable bonds is 6. The zero-order valence-electron chi connectivity index (χ0n) is 9.48. The molecule has 1 N–H and O–H groups in total. The van der Waals surface area contributed by atoms with Crippen LogP contribution in [0, 0.1) is 0 Å². The zero-order chi connectivity index (χ0) is 11.2. The monoisotopic (exact) mass is 235 g/mol. The van der Waals surface area contributed by atoms with E-state index >= 15 is 0 Å². The van der Waals surface area contributed by atoms with Gasteiger partial charge in [-0.2, -0.15) is 0 Å². The van der Waals surface area contributed by atoms with Gasteiger partial charge in [0.2, 0.25) is 0 Å². The Morgan fingerprint density at radius 3 is 3.00 bits per heavy atom. The second-order valence-electron chi connectivity index (χ2n) is 3.90. The molecule has 1 unspecified atom stereocenters. The van der Waals surface area contributed by atoms with Gasteiger partial charge >= 0.3 is 0 Å². The molecule has 0 saturated heterocycles. The van der Waals surface area contributed by atoms with Crippen LogP contribution in [0.3, 0.4) is 0 Å². The van der Waals surface area contributed by atoms with E-state index in [0.29, 0.717) is 6.04 Å². The third-order valence-corrected chi connectivity index (χ3v) is 3.59. The Labute approximate surface area is 100 Å². The van der Waals surface area contributed by atoms with Crippen LogP contribution in [0.15, 0.2) is 40.5 Å². The molecular weight excluding hydrogens is 218 g/mol. The van der Waals surface area contributed by atoms with Crippen molar-refractivity contribution in [2.24, 2.45) is 0 Å². The molecule has 0 bridgehead atoms. The van der Waals surface area contributed by atoms with E-state index in [2.05, 4.69) is 29.8 Å². The van der Waals surface area contributed by atoms with Gasteiger partial charge < -0.3 is 9.73 Å². The number of nitrogens with one attached hydrogen (secondary N) is 1. The molecule has 2 rings (SSSR count). The van der Waals surface area contributed by atoms with Gasteiger partial charge in [-0.05, 0) is 30.4 Å². The molecule has 2 heterocycles. The number of hydrogen-bond donors (Lipinski definition) is 1. The van der Waals surface area contributed by atoms with Crippen molar-refractivity contribution in [1.29, 1.82) is 0 Å². The summed E-state index contributed by atoms with van der Waals surface area (Å²) < 4.78 is 5.05. The van der Waals surface area contributed by atoms with E-state index in [0.717, 1.165) is 19.4 Å².